The van der Waals surface area contributed by atoms with Crippen molar-refractivity contribution >= 4 is 23.6 Å². The van der Waals surface area contributed by atoms with Gasteiger partial charge in [-0.1, -0.05) is 32.0 Å². The van der Waals surface area contributed by atoms with E-state index in [2.05, 4.69) is 5.32 Å². The van der Waals surface area contributed by atoms with Crippen LogP contribution in [0.1, 0.15) is 37.8 Å². The fourth-order valence-corrected chi connectivity index (χ4v) is 2.96. The highest BCUT2D eigenvalue weighted by atomic mass is 16.6. The van der Waals surface area contributed by atoms with Crippen molar-refractivity contribution in [3.63, 3.8) is 0 Å². The summed E-state index contributed by atoms with van der Waals surface area (Å²) in [5.41, 5.74) is 2.62. The molecule has 7 heteroatoms. The molecule has 0 spiro atoms. The Morgan fingerprint density at radius 2 is 1.73 bits per heavy atom. The summed E-state index contributed by atoms with van der Waals surface area (Å²) in [4.78, 5) is 39.7. The van der Waals surface area contributed by atoms with Crippen LogP contribution >= 0.6 is 0 Å². The number of ether oxygens (including phenoxy) is 1. The van der Waals surface area contributed by atoms with E-state index in [1.54, 1.807) is 11.8 Å². The fourth-order valence-electron chi connectivity index (χ4n) is 2.96. The molecular weight excluding hydrogens is 334 g/mol. The Labute approximate surface area is 154 Å². The van der Waals surface area contributed by atoms with Crippen molar-refractivity contribution in [1.82, 2.24) is 9.80 Å². The van der Waals surface area contributed by atoms with Crippen LogP contribution in [0, 0.1) is 6.92 Å². The molecule has 1 saturated heterocycles. The smallest absolute Gasteiger partial charge is 0.409 e. The van der Waals surface area contributed by atoms with E-state index in [9.17, 15) is 14.4 Å². The number of aryl methyl sites for hydroxylation is 1. The number of hydrogen-bond donors (Lipinski definition) is 1. The SMILES string of the molecule is CCOC(=O)N1CCN(C(=O)C(=O)Nc2c(C)cccc2C(C)C)CC1. The highest BCUT2D eigenvalue weighted by molar-refractivity contribution is 6.39. The van der Waals surface area contributed by atoms with Crippen LogP contribution in [0.2, 0.25) is 0 Å². The molecule has 1 heterocycles. The molecule has 142 valence electrons. The molecule has 7 nitrogen and oxygen atoms in total. The number of benzene rings is 1. The highest BCUT2D eigenvalue weighted by Gasteiger charge is 2.29. The number of para-hydroxylation sites is 1. The first-order valence-corrected chi connectivity index (χ1v) is 8.96. The molecule has 1 N–H and O–H groups in total. The molecule has 1 aromatic carbocycles. The van der Waals surface area contributed by atoms with Crippen molar-refractivity contribution in [2.45, 2.75) is 33.6 Å². The van der Waals surface area contributed by atoms with Gasteiger partial charge in [0.1, 0.15) is 0 Å². The molecule has 1 fully saturated rings. The summed E-state index contributed by atoms with van der Waals surface area (Å²) in [5.74, 6) is -0.995. The van der Waals surface area contributed by atoms with Crippen molar-refractivity contribution in [1.29, 1.82) is 0 Å². The molecule has 2 rings (SSSR count). The summed E-state index contributed by atoms with van der Waals surface area (Å²) < 4.78 is 4.96. The largest absolute Gasteiger partial charge is 0.450 e. The zero-order chi connectivity index (χ0) is 19.3. The van der Waals surface area contributed by atoms with E-state index < -0.39 is 11.8 Å². The van der Waals surface area contributed by atoms with Gasteiger partial charge in [-0.3, -0.25) is 9.59 Å². The predicted molar refractivity (Wildman–Crippen MR) is 99.1 cm³/mol. The average molecular weight is 361 g/mol. The Bertz CT molecular complexity index is 679. The molecule has 3 amide bonds. The van der Waals surface area contributed by atoms with Gasteiger partial charge < -0.3 is 19.9 Å². The van der Waals surface area contributed by atoms with Crippen molar-refractivity contribution in [3.8, 4) is 0 Å². The normalized spacial score (nSPS) is 14.3. The van der Waals surface area contributed by atoms with Crippen molar-refractivity contribution in [2.24, 2.45) is 0 Å². The number of nitrogens with zero attached hydrogens (tertiary/aromatic N) is 2. The van der Waals surface area contributed by atoms with E-state index in [1.807, 2.05) is 39.0 Å². The molecule has 0 aromatic heterocycles. The Hall–Kier alpha value is -2.57. The first-order valence-electron chi connectivity index (χ1n) is 8.96. The summed E-state index contributed by atoms with van der Waals surface area (Å²) in [6, 6.07) is 5.80. The molecule has 0 unspecified atom stereocenters. The third-order valence-electron chi connectivity index (χ3n) is 4.45. The maximum absolute atomic E-state index is 12.5. The van der Waals surface area contributed by atoms with Crippen molar-refractivity contribution in [3.05, 3.63) is 29.3 Å². The number of hydrogen-bond acceptors (Lipinski definition) is 4. The molecule has 0 aliphatic carbocycles. The molecular formula is C19H27N3O4. The molecule has 1 aliphatic rings. The predicted octanol–water partition coefficient (Wildman–Crippen LogP) is 2.36. The molecule has 0 bridgehead atoms. The van der Waals surface area contributed by atoms with Crippen molar-refractivity contribution in [2.75, 3.05) is 38.1 Å². The average Bonchev–Trinajstić information content (AvgIpc) is 2.62. The summed E-state index contributed by atoms with van der Waals surface area (Å²) in [6.45, 7) is 9.41. The van der Waals surface area contributed by atoms with Crippen LogP contribution in [-0.2, 0) is 14.3 Å². The minimum absolute atomic E-state index is 0.230. The van der Waals surface area contributed by atoms with Gasteiger partial charge in [0.15, 0.2) is 0 Å². The number of carbonyl (C=O) groups is 3. The Morgan fingerprint density at radius 3 is 2.31 bits per heavy atom. The quantitative estimate of drug-likeness (QED) is 0.838. The number of amides is 3. The standard InChI is InChI=1S/C19H27N3O4/c1-5-26-19(25)22-11-9-21(10-12-22)18(24)17(23)20-16-14(4)7-6-8-15(16)13(2)3/h6-8,13H,5,9-12H2,1-4H3,(H,20,23). The maximum atomic E-state index is 12.5. The minimum Gasteiger partial charge on any atom is -0.450 e. The Balaban J connectivity index is 1.99. The van der Waals surface area contributed by atoms with Crippen LogP contribution in [0.4, 0.5) is 10.5 Å². The molecule has 26 heavy (non-hydrogen) atoms. The van der Waals surface area contributed by atoms with E-state index in [1.165, 1.54) is 4.90 Å². The van der Waals surface area contributed by atoms with Crippen LogP contribution in [0.25, 0.3) is 0 Å². The third kappa shape index (κ3) is 4.53. The molecule has 0 atom stereocenters. The van der Waals surface area contributed by atoms with Gasteiger partial charge in [0.2, 0.25) is 0 Å². The van der Waals surface area contributed by atoms with E-state index >= 15 is 0 Å². The zero-order valence-electron chi connectivity index (χ0n) is 15.9. The minimum atomic E-state index is -0.647. The van der Waals surface area contributed by atoms with E-state index in [0.717, 1.165) is 11.1 Å². The second-order valence-corrected chi connectivity index (χ2v) is 6.63. The summed E-state index contributed by atoms with van der Waals surface area (Å²) >= 11 is 0. The lowest BCUT2D eigenvalue weighted by molar-refractivity contribution is -0.144. The highest BCUT2D eigenvalue weighted by Crippen LogP contribution is 2.27. The molecule has 0 saturated carbocycles. The van der Waals surface area contributed by atoms with Gasteiger partial charge in [0.25, 0.3) is 0 Å². The van der Waals surface area contributed by atoms with Gasteiger partial charge in [-0.2, -0.15) is 0 Å². The van der Waals surface area contributed by atoms with Gasteiger partial charge in [-0.25, -0.2) is 4.79 Å². The Morgan fingerprint density at radius 1 is 1.12 bits per heavy atom. The van der Waals surface area contributed by atoms with Crippen LogP contribution in [-0.4, -0.2) is 60.5 Å². The second kappa shape index (κ2) is 8.69. The van der Waals surface area contributed by atoms with Crippen molar-refractivity contribution < 1.29 is 19.1 Å². The van der Waals surface area contributed by atoms with Gasteiger partial charge >= 0.3 is 17.9 Å². The topological polar surface area (TPSA) is 79.0 Å². The van der Waals surface area contributed by atoms with E-state index in [-0.39, 0.29) is 12.0 Å². The Kier molecular flexibility index (Phi) is 6.60. The van der Waals surface area contributed by atoms with Crippen LogP contribution < -0.4 is 5.32 Å². The van der Waals surface area contributed by atoms with Gasteiger partial charge in [0.05, 0.1) is 6.61 Å². The number of rotatable bonds is 3. The summed E-state index contributed by atoms with van der Waals surface area (Å²) in [6.07, 6.45) is -0.384. The first-order chi connectivity index (χ1) is 12.3. The lowest BCUT2D eigenvalue weighted by Crippen LogP contribution is -2.53. The number of carbonyl (C=O) groups excluding carboxylic acids is 3. The van der Waals surface area contributed by atoms with E-state index in [0.29, 0.717) is 38.5 Å². The van der Waals surface area contributed by atoms with Crippen LogP contribution in [0.5, 0.6) is 0 Å². The monoisotopic (exact) mass is 361 g/mol. The maximum Gasteiger partial charge on any atom is 0.409 e. The second-order valence-electron chi connectivity index (χ2n) is 6.63. The lowest BCUT2D eigenvalue weighted by Gasteiger charge is -2.33. The lowest BCUT2D eigenvalue weighted by atomic mass is 9.98. The van der Waals surface area contributed by atoms with Gasteiger partial charge in [-0.05, 0) is 30.9 Å². The van der Waals surface area contributed by atoms with Gasteiger partial charge in [-0.15, -0.1) is 0 Å². The van der Waals surface area contributed by atoms with Crippen LogP contribution in [0.15, 0.2) is 18.2 Å². The molecule has 1 aliphatic heterocycles. The first kappa shape index (κ1) is 19.8. The van der Waals surface area contributed by atoms with Crippen LogP contribution in [0.3, 0.4) is 0 Å². The molecule has 0 radical (unpaired) electrons. The third-order valence-corrected chi connectivity index (χ3v) is 4.45. The summed E-state index contributed by atoms with van der Waals surface area (Å²) in [5, 5.41) is 2.78. The number of anilines is 1. The van der Waals surface area contributed by atoms with Gasteiger partial charge in [0, 0.05) is 31.9 Å². The number of piperazine rings is 1. The molecule has 1 aromatic rings. The summed E-state index contributed by atoms with van der Waals surface area (Å²) in [7, 11) is 0. The van der Waals surface area contributed by atoms with E-state index in [4.69, 9.17) is 4.74 Å². The zero-order valence-corrected chi connectivity index (χ0v) is 15.9. The number of nitrogens with one attached hydrogen (secondary N) is 1. The fraction of sp³-hybridized carbons (Fsp3) is 0.526.